The van der Waals surface area contributed by atoms with Gasteiger partial charge in [-0.1, -0.05) is 15.7 Å². The van der Waals surface area contributed by atoms with Gasteiger partial charge in [0.05, 0.1) is 17.3 Å². The van der Waals surface area contributed by atoms with Crippen LogP contribution >= 0.6 is 11.3 Å². The Labute approximate surface area is 116 Å². The van der Waals surface area contributed by atoms with Crippen molar-refractivity contribution >= 4 is 28.9 Å². The fourth-order valence-corrected chi connectivity index (χ4v) is 2.03. The monoisotopic (exact) mass is 314 g/mol. The molecule has 0 saturated heterocycles. The Morgan fingerprint density at radius 2 is 2.11 bits per heavy atom. The Morgan fingerprint density at radius 1 is 1.47 bits per heavy atom. The molecule has 0 bridgehead atoms. The standard InChI is InChI=1S/C10H13F3N2O2S2/c1-9(2,3)19(16)15-5-7-4-14-8(18-7)17-6-10(11,12)13/h4-5H,6H2,1-3H3. The van der Waals surface area contributed by atoms with E-state index in [1.165, 1.54) is 12.4 Å². The highest BCUT2D eigenvalue weighted by Gasteiger charge is 2.29. The molecular formula is C10H13F3N2O2S2. The number of ether oxygens (including phenoxy) is 1. The summed E-state index contributed by atoms with van der Waals surface area (Å²) in [4.78, 5) is 4.15. The van der Waals surface area contributed by atoms with Crippen LogP contribution in [0.2, 0.25) is 0 Å². The topological polar surface area (TPSA) is 57.5 Å². The molecule has 0 amide bonds. The molecule has 0 N–H and O–H groups in total. The molecule has 0 aromatic carbocycles. The maximum Gasteiger partial charge on any atom is 0.422 e. The van der Waals surface area contributed by atoms with Crippen molar-refractivity contribution < 1.29 is 22.5 Å². The summed E-state index contributed by atoms with van der Waals surface area (Å²) in [5.74, 6) is 0. The van der Waals surface area contributed by atoms with Gasteiger partial charge in [-0.3, -0.25) is 0 Å². The van der Waals surface area contributed by atoms with Crippen LogP contribution in [0.5, 0.6) is 5.19 Å². The van der Waals surface area contributed by atoms with E-state index in [0.29, 0.717) is 4.88 Å². The average Bonchev–Trinajstić information content (AvgIpc) is 2.68. The van der Waals surface area contributed by atoms with E-state index in [2.05, 4.69) is 14.1 Å². The number of hydrogen-bond donors (Lipinski definition) is 0. The van der Waals surface area contributed by atoms with Crippen LogP contribution in [-0.4, -0.2) is 33.3 Å². The summed E-state index contributed by atoms with van der Waals surface area (Å²) in [6.07, 6.45) is -1.76. The molecular weight excluding hydrogens is 301 g/mol. The number of thiazole rings is 1. The lowest BCUT2D eigenvalue weighted by atomic mass is 10.3. The van der Waals surface area contributed by atoms with E-state index in [0.717, 1.165) is 11.3 Å². The lowest BCUT2D eigenvalue weighted by Gasteiger charge is -2.17. The molecule has 1 unspecified atom stereocenters. The number of aromatic nitrogens is 1. The van der Waals surface area contributed by atoms with E-state index in [-0.39, 0.29) is 5.19 Å². The van der Waals surface area contributed by atoms with Gasteiger partial charge in [0, 0.05) is 0 Å². The molecule has 0 saturated carbocycles. The first kappa shape index (κ1) is 16.3. The lowest BCUT2D eigenvalue weighted by Crippen LogP contribution is -2.25. The number of hydrogen-bond acceptors (Lipinski definition) is 5. The highest BCUT2D eigenvalue weighted by atomic mass is 32.2. The third-order valence-corrected chi connectivity index (χ3v) is 3.85. The van der Waals surface area contributed by atoms with Crippen molar-refractivity contribution in [2.75, 3.05) is 6.61 Å². The zero-order chi connectivity index (χ0) is 14.7. The van der Waals surface area contributed by atoms with Crippen LogP contribution < -0.4 is 4.74 Å². The minimum atomic E-state index is -4.40. The van der Waals surface area contributed by atoms with Crippen molar-refractivity contribution in [2.24, 2.45) is 4.40 Å². The van der Waals surface area contributed by atoms with Gasteiger partial charge in [-0.2, -0.15) is 13.2 Å². The Hall–Kier alpha value is -0.800. The zero-order valence-corrected chi connectivity index (χ0v) is 12.2. The summed E-state index contributed by atoms with van der Waals surface area (Å²) in [5, 5.41) is -0.0969. The van der Waals surface area contributed by atoms with Crippen LogP contribution in [0.1, 0.15) is 25.6 Å². The van der Waals surface area contributed by atoms with Crippen molar-refractivity contribution in [1.82, 2.24) is 4.98 Å². The Kier molecular flexibility index (Phi) is 5.22. The van der Waals surface area contributed by atoms with Crippen LogP contribution in [0.4, 0.5) is 13.2 Å². The van der Waals surface area contributed by atoms with E-state index in [1.54, 1.807) is 20.8 Å². The highest BCUT2D eigenvalue weighted by Crippen LogP contribution is 2.23. The second-order valence-corrected chi connectivity index (χ2v) is 7.49. The summed E-state index contributed by atoms with van der Waals surface area (Å²) in [5.41, 5.74) is 0. The Balaban J connectivity index is 2.58. The highest BCUT2D eigenvalue weighted by molar-refractivity contribution is 7.91. The fraction of sp³-hybridized carbons (Fsp3) is 0.600. The van der Waals surface area contributed by atoms with Gasteiger partial charge in [0.25, 0.3) is 5.19 Å². The molecule has 0 spiro atoms. The quantitative estimate of drug-likeness (QED) is 0.634. The molecule has 0 aliphatic rings. The summed E-state index contributed by atoms with van der Waals surface area (Å²) in [7, 11) is 0. The molecule has 0 radical (unpaired) electrons. The lowest BCUT2D eigenvalue weighted by molar-refractivity contribution is -0.153. The molecule has 4 nitrogen and oxygen atoms in total. The van der Waals surface area contributed by atoms with E-state index in [9.17, 15) is 17.7 Å². The van der Waals surface area contributed by atoms with Gasteiger partial charge in [0.1, 0.15) is 16.1 Å². The minimum absolute atomic E-state index is 0.0969. The van der Waals surface area contributed by atoms with Crippen LogP contribution in [0.15, 0.2) is 10.6 Å². The normalized spacial score (nSPS) is 14.9. The van der Waals surface area contributed by atoms with Gasteiger partial charge in [0.15, 0.2) is 6.61 Å². The van der Waals surface area contributed by atoms with Gasteiger partial charge in [-0.05, 0) is 20.8 Å². The van der Waals surface area contributed by atoms with Crippen LogP contribution in [0.25, 0.3) is 0 Å². The molecule has 1 aromatic rings. The third-order valence-electron chi connectivity index (χ3n) is 1.66. The maximum absolute atomic E-state index is 11.9. The molecule has 108 valence electrons. The predicted molar refractivity (Wildman–Crippen MR) is 69.2 cm³/mol. The van der Waals surface area contributed by atoms with Crippen LogP contribution in [0, 0.1) is 0 Å². The molecule has 1 atom stereocenters. The third kappa shape index (κ3) is 6.26. The summed E-state index contributed by atoms with van der Waals surface area (Å²) < 4.78 is 55.2. The molecule has 1 heterocycles. The molecule has 1 rings (SSSR count). The first-order valence-corrected chi connectivity index (χ1v) is 7.12. The van der Waals surface area contributed by atoms with Gasteiger partial charge >= 0.3 is 6.18 Å². The average molecular weight is 314 g/mol. The van der Waals surface area contributed by atoms with Crippen molar-refractivity contribution in [3.05, 3.63) is 11.1 Å². The molecule has 0 fully saturated rings. The van der Waals surface area contributed by atoms with E-state index >= 15 is 0 Å². The number of rotatable bonds is 4. The van der Waals surface area contributed by atoms with Gasteiger partial charge in [0.2, 0.25) is 0 Å². The van der Waals surface area contributed by atoms with E-state index in [4.69, 9.17) is 0 Å². The molecule has 19 heavy (non-hydrogen) atoms. The second-order valence-electron chi connectivity index (χ2n) is 4.53. The van der Waals surface area contributed by atoms with Gasteiger partial charge in [-0.15, -0.1) is 0 Å². The number of nitrogens with zero attached hydrogens (tertiary/aromatic N) is 2. The molecule has 1 aromatic heterocycles. The largest absolute Gasteiger partial charge is 0.591 e. The van der Waals surface area contributed by atoms with Crippen molar-refractivity contribution in [1.29, 1.82) is 0 Å². The van der Waals surface area contributed by atoms with Crippen LogP contribution in [-0.2, 0) is 11.4 Å². The number of halogens is 3. The summed E-state index contributed by atoms with van der Waals surface area (Å²) in [6.45, 7) is 3.92. The van der Waals surface area contributed by atoms with E-state index < -0.39 is 28.9 Å². The SMILES string of the molecule is CC(C)(C)[S+]([O-])N=Cc1cnc(OCC(F)(F)F)s1. The maximum atomic E-state index is 11.9. The van der Waals surface area contributed by atoms with Crippen molar-refractivity contribution in [3.8, 4) is 5.19 Å². The van der Waals surface area contributed by atoms with Gasteiger partial charge < -0.3 is 9.29 Å². The number of alkyl halides is 3. The molecule has 9 heteroatoms. The summed E-state index contributed by atoms with van der Waals surface area (Å²) in [6, 6.07) is 0. The minimum Gasteiger partial charge on any atom is -0.591 e. The fourth-order valence-electron chi connectivity index (χ4n) is 0.798. The Bertz CT molecular complexity index is 441. The predicted octanol–water partition coefficient (Wildman–Crippen LogP) is 2.97. The summed E-state index contributed by atoms with van der Waals surface area (Å²) >= 11 is -0.510. The van der Waals surface area contributed by atoms with Gasteiger partial charge in [-0.25, -0.2) is 4.98 Å². The second kappa shape index (κ2) is 6.10. The molecule has 0 aliphatic carbocycles. The van der Waals surface area contributed by atoms with Crippen LogP contribution in [0.3, 0.4) is 0 Å². The zero-order valence-electron chi connectivity index (χ0n) is 10.5. The smallest absolute Gasteiger partial charge is 0.422 e. The van der Waals surface area contributed by atoms with E-state index in [1.807, 2.05) is 0 Å². The van der Waals surface area contributed by atoms with Crippen molar-refractivity contribution in [3.63, 3.8) is 0 Å². The molecule has 0 aliphatic heterocycles. The first-order chi connectivity index (χ1) is 8.58. The first-order valence-electron chi connectivity index (χ1n) is 5.19. The Morgan fingerprint density at radius 3 is 2.63 bits per heavy atom. The van der Waals surface area contributed by atoms with Crippen molar-refractivity contribution in [2.45, 2.75) is 31.7 Å².